The molecule has 1 heterocycles. The molecule has 0 bridgehead atoms. The van der Waals surface area contributed by atoms with Crippen molar-refractivity contribution in [1.29, 1.82) is 0 Å². The molecule has 0 amide bonds. The Bertz CT molecular complexity index is 376. The number of benzene rings is 1. The Balaban J connectivity index is 2.29. The van der Waals surface area contributed by atoms with Gasteiger partial charge in [0.25, 0.3) is 0 Å². The van der Waals surface area contributed by atoms with Gasteiger partial charge < -0.3 is 15.7 Å². The van der Waals surface area contributed by atoms with Crippen LogP contribution < -0.4 is 10.6 Å². The van der Waals surface area contributed by atoms with Crippen LogP contribution in [0.25, 0.3) is 0 Å². The van der Waals surface area contributed by atoms with Gasteiger partial charge in [-0.3, -0.25) is 0 Å². The van der Waals surface area contributed by atoms with E-state index in [4.69, 9.17) is 10.8 Å². The van der Waals surface area contributed by atoms with Crippen LogP contribution in [0.2, 0.25) is 0 Å². The Morgan fingerprint density at radius 1 is 1.44 bits per heavy atom. The predicted octanol–water partition coefficient (Wildman–Crippen LogP) is 1.45. The zero-order valence-corrected chi connectivity index (χ0v) is 9.98. The van der Waals surface area contributed by atoms with Gasteiger partial charge in [0.05, 0.1) is 12.6 Å². The summed E-state index contributed by atoms with van der Waals surface area (Å²) in [6.45, 7) is 5.52. The summed E-state index contributed by atoms with van der Waals surface area (Å²) < 4.78 is 0. The minimum Gasteiger partial charge on any atom is -0.394 e. The fourth-order valence-electron chi connectivity index (χ4n) is 2.32. The first kappa shape index (κ1) is 11.4. The van der Waals surface area contributed by atoms with Gasteiger partial charge in [-0.1, -0.05) is 12.1 Å². The molecule has 1 aromatic carbocycles. The van der Waals surface area contributed by atoms with E-state index in [1.165, 1.54) is 11.3 Å². The van der Waals surface area contributed by atoms with E-state index in [1.807, 2.05) is 6.07 Å². The van der Waals surface area contributed by atoms with Crippen molar-refractivity contribution >= 4 is 5.69 Å². The van der Waals surface area contributed by atoms with Gasteiger partial charge in [-0.15, -0.1) is 0 Å². The van der Waals surface area contributed by atoms with Gasteiger partial charge in [0.15, 0.2) is 0 Å². The molecule has 0 unspecified atom stereocenters. The minimum absolute atomic E-state index is 0.00663. The van der Waals surface area contributed by atoms with Gasteiger partial charge in [0, 0.05) is 18.3 Å². The van der Waals surface area contributed by atoms with Gasteiger partial charge in [0.2, 0.25) is 0 Å². The Labute approximate surface area is 96.9 Å². The van der Waals surface area contributed by atoms with Crippen LogP contribution in [0.5, 0.6) is 0 Å². The summed E-state index contributed by atoms with van der Waals surface area (Å²) in [6, 6.07) is 6.59. The molecule has 1 atom stereocenters. The number of aliphatic hydroxyl groups excluding tert-OH is 1. The van der Waals surface area contributed by atoms with Gasteiger partial charge in [-0.05, 0) is 37.5 Å². The maximum absolute atomic E-state index is 9.04. The fraction of sp³-hybridized carbons (Fsp3) is 0.538. The van der Waals surface area contributed by atoms with E-state index in [-0.39, 0.29) is 12.6 Å². The second kappa shape index (κ2) is 4.44. The molecule has 0 fully saturated rings. The highest BCUT2D eigenvalue weighted by Gasteiger charge is 2.21. The average molecular weight is 220 g/mol. The van der Waals surface area contributed by atoms with Crippen molar-refractivity contribution in [1.82, 2.24) is 0 Å². The van der Waals surface area contributed by atoms with Crippen molar-refractivity contribution in [3.8, 4) is 0 Å². The number of rotatable bonds is 3. The molecule has 3 heteroatoms. The summed E-state index contributed by atoms with van der Waals surface area (Å²) in [6.07, 6.45) is 1.08. The zero-order valence-electron chi connectivity index (χ0n) is 9.98. The lowest BCUT2D eigenvalue weighted by Gasteiger charge is -2.24. The minimum atomic E-state index is -0.251. The third-order valence-electron chi connectivity index (χ3n) is 3.28. The maximum Gasteiger partial charge on any atom is 0.0624 e. The van der Waals surface area contributed by atoms with Crippen LogP contribution in [0, 0.1) is 0 Å². The van der Waals surface area contributed by atoms with Crippen LogP contribution in [0.15, 0.2) is 18.2 Å². The number of hydrogen-bond donors (Lipinski definition) is 2. The number of aliphatic hydroxyl groups is 1. The third-order valence-corrected chi connectivity index (χ3v) is 3.28. The van der Waals surface area contributed by atoms with E-state index in [0.29, 0.717) is 6.04 Å². The summed E-state index contributed by atoms with van der Waals surface area (Å²) in [7, 11) is 0. The molecule has 3 N–H and O–H groups in total. The van der Waals surface area contributed by atoms with E-state index >= 15 is 0 Å². The highest BCUT2D eigenvalue weighted by molar-refractivity contribution is 5.59. The van der Waals surface area contributed by atoms with Crippen LogP contribution in [0.4, 0.5) is 5.69 Å². The zero-order chi connectivity index (χ0) is 11.7. The quantitative estimate of drug-likeness (QED) is 0.810. The Kier molecular flexibility index (Phi) is 3.17. The number of anilines is 1. The summed E-state index contributed by atoms with van der Waals surface area (Å²) in [5.41, 5.74) is 9.53. The summed E-state index contributed by atoms with van der Waals surface area (Å²) in [5.74, 6) is 0. The molecule has 1 aliphatic rings. The number of fused-ring (bicyclic) bond motifs is 1. The summed E-state index contributed by atoms with van der Waals surface area (Å²) >= 11 is 0. The number of nitrogens with two attached hydrogens (primary N) is 1. The van der Waals surface area contributed by atoms with Crippen molar-refractivity contribution in [3.63, 3.8) is 0 Å². The largest absolute Gasteiger partial charge is 0.394 e. The molecule has 0 saturated carbocycles. The van der Waals surface area contributed by atoms with Gasteiger partial charge in [-0.25, -0.2) is 0 Å². The van der Waals surface area contributed by atoms with Crippen molar-refractivity contribution in [3.05, 3.63) is 29.3 Å². The van der Waals surface area contributed by atoms with E-state index in [0.717, 1.165) is 18.5 Å². The molecule has 88 valence electrons. The lowest BCUT2D eigenvalue weighted by molar-refractivity contribution is 0.268. The first-order valence-electron chi connectivity index (χ1n) is 5.89. The molecule has 0 aromatic heterocycles. The van der Waals surface area contributed by atoms with Crippen molar-refractivity contribution in [2.45, 2.75) is 32.4 Å². The first-order valence-corrected chi connectivity index (χ1v) is 5.89. The molecule has 0 spiro atoms. The molecule has 3 nitrogen and oxygen atoms in total. The Hall–Kier alpha value is -1.06. The van der Waals surface area contributed by atoms with Crippen molar-refractivity contribution < 1.29 is 5.11 Å². The lowest BCUT2D eigenvalue weighted by Crippen LogP contribution is -2.28. The first-order chi connectivity index (χ1) is 7.63. The van der Waals surface area contributed by atoms with Crippen molar-refractivity contribution in [2.75, 3.05) is 18.1 Å². The van der Waals surface area contributed by atoms with E-state index in [9.17, 15) is 0 Å². The van der Waals surface area contributed by atoms with Crippen LogP contribution in [0.3, 0.4) is 0 Å². The van der Waals surface area contributed by atoms with Gasteiger partial charge in [0.1, 0.15) is 0 Å². The molecule has 0 aliphatic carbocycles. The second-order valence-electron chi connectivity index (χ2n) is 4.71. The topological polar surface area (TPSA) is 49.5 Å². The Morgan fingerprint density at radius 2 is 2.19 bits per heavy atom. The molecule has 0 saturated heterocycles. The molecular formula is C13H20N2O. The van der Waals surface area contributed by atoms with E-state index in [2.05, 4.69) is 30.9 Å². The van der Waals surface area contributed by atoms with Gasteiger partial charge in [-0.2, -0.15) is 0 Å². The van der Waals surface area contributed by atoms with E-state index < -0.39 is 0 Å². The summed E-state index contributed by atoms with van der Waals surface area (Å²) in [5, 5.41) is 9.04. The van der Waals surface area contributed by atoms with Crippen LogP contribution in [-0.2, 0) is 6.42 Å². The molecule has 16 heavy (non-hydrogen) atoms. The molecule has 0 radical (unpaired) electrons. The SMILES string of the molecule is CC(C)N1CCc2cc([C@@H](N)CO)ccc21. The number of hydrogen-bond acceptors (Lipinski definition) is 3. The fourth-order valence-corrected chi connectivity index (χ4v) is 2.32. The van der Waals surface area contributed by atoms with Crippen LogP contribution in [-0.4, -0.2) is 24.3 Å². The van der Waals surface area contributed by atoms with Crippen molar-refractivity contribution in [2.24, 2.45) is 5.73 Å². The Morgan fingerprint density at radius 3 is 2.81 bits per heavy atom. The second-order valence-corrected chi connectivity index (χ2v) is 4.71. The standard InChI is InChI=1S/C13H20N2O/c1-9(2)15-6-5-11-7-10(12(14)8-16)3-4-13(11)15/h3-4,7,9,12,16H,5-6,8,14H2,1-2H3/t12-/m0/s1. The van der Waals surface area contributed by atoms with Crippen LogP contribution >= 0.6 is 0 Å². The smallest absolute Gasteiger partial charge is 0.0624 e. The predicted molar refractivity (Wildman–Crippen MR) is 66.6 cm³/mol. The van der Waals surface area contributed by atoms with Crippen LogP contribution in [0.1, 0.15) is 31.0 Å². The molecule has 2 rings (SSSR count). The highest BCUT2D eigenvalue weighted by atomic mass is 16.3. The summed E-state index contributed by atoms with van der Waals surface area (Å²) in [4.78, 5) is 2.41. The van der Waals surface area contributed by atoms with E-state index in [1.54, 1.807) is 0 Å². The molecule has 1 aliphatic heterocycles. The maximum atomic E-state index is 9.04. The van der Waals surface area contributed by atoms with Gasteiger partial charge >= 0.3 is 0 Å². The molecular weight excluding hydrogens is 200 g/mol. The third kappa shape index (κ3) is 1.93. The monoisotopic (exact) mass is 220 g/mol. The highest BCUT2D eigenvalue weighted by Crippen LogP contribution is 2.31. The number of nitrogens with zero attached hydrogens (tertiary/aromatic N) is 1. The average Bonchev–Trinajstić information content (AvgIpc) is 2.70. The molecule has 1 aromatic rings. The lowest BCUT2D eigenvalue weighted by atomic mass is 10.0. The normalized spacial score (nSPS) is 16.7.